The van der Waals surface area contributed by atoms with Crippen LogP contribution in [0.25, 0.3) is 0 Å². The molecule has 0 radical (unpaired) electrons. The molecule has 3 aliphatic rings. The average Bonchev–Trinajstić information content (AvgIpc) is 2.64. The maximum absolute atomic E-state index is 9.28. The predicted octanol–water partition coefficient (Wildman–Crippen LogP) is 1.15. The Morgan fingerprint density at radius 2 is 2.19 bits per heavy atom. The number of thioether (sulfide) groups is 1. The number of ether oxygens (including phenoxy) is 1. The fourth-order valence-corrected chi connectivity index (χ4v) is 4.47. The summed E-state index contributed by atoms with van der Waals surface area (Å²) in [6, 6.07) is 1.18. The second-order valence-corrected chi connectivity index (χ2v) is 6.62. The molecule has 0 bridgehead atoms. The van der Waals surface area contributed by atoms with Crippen LogP contribution in [-0.4, -0.2) is 47.0 Å². The third-order valence-electron chi connectivity index (χ3n) is 4.14. The highest BCUT2D eigenvalue weighted by atomic mass is 32.2. The van der Waals surface area contributed by atoms with E-state index in [1.165, 1.54) is 24.3 Å². The first-order valence-electron chi connectivity index (χ1n) is 6.42. The Morgan fingerprint density at radius 3 is 2.88 bits per heavy atom. The Kier molecular flexibility index (Phi) is 3.17. The molecule has 2 saturated heterocycles. The van der Waals surface area contributed by atoms with Crippen LogP contribution >= 0.6 is 11.8 Å². The lowest BCUT2D eigenvalue weighted by atomic mass is 9.85. The van der Waals surface area contributed by atoms with Gasteiger partial charge in [0, 0.05) is 24.4 Å². The van der Waals surface area contributed by atoms with Gasteiger partial charge in [-0.3, -0.25) is 0 Å². The van der Waals surface area contributed by atoms with E-state index < -0.39 is 0 Å². The number of aliphatic hydroxyl groups excluding tert-OH is 1. The molecule has 16 heavy (non-hydrogen) atoms. The molecule has 3 nitrogen and oxygen atoms in total. The van der Waals surface area contributed by atoms with Crippen LogP contribution in [0.1, 0.15) is 32.1 Å². The summed E-state index contributed by atoms with van der Waals surface area (Å²) >= 11 is 2.03. The average molecular weight is 243 g/mol. The summed E-state index contributed by atoms with van der Waals surface area (Å²) in [6.07, 6.45) is 5.38. The molecular formula is C12H21NO2S. The van der Waals surface area contributed by atoms with Crippen molar-refractivity contribution in [1.82, 2.24) is 5.32 Å². The first-order valence-corrected chi connectivity index (χ1v) is 7.57. The molecule has 1 spiro atoms. The second kappa shape index (κ2) is 4.48. The lowest BCUT2D eigenvalue weighted by Gasteiger charge is -2.42. The maximum atomic E-state index is 9.28. The zero-order chi connectivity index (χ0) is 11.0. The highest BCUT2D eigenvalue weighted by Gasteiger charge is 2.41. The number of hydrogen-bond acceptors (Lipinski definition) is 4. The fraction of sp³-hybridized carbons (Fsp3) is 1.00. The van der Waals surface area contributed by atoms with Gasteiger partial charge in [0.1, 0.15) is 0 Å². The van der Waals surface area contributed by atoms with Crippen LogP contribution in [-0.2, 0) is 4.74 Å². The van der Waals surface area contributed by atoms with Crippen molar-refractivity contribution < 1.29 is 9.84 Å². The van der Waals surface area contributed by atoms with Gasteiger partial charge in [0.2, 0.25) is 0 Å². The minimum Gasteiger partial charge on any atom is -0.393 e. The number of aliphatic hydroxyl groups is 1. The quantitative estimate of drug-likeness (QED) is 0.763. The molecule has 1 saturated carbocycles. The minimum absolute atomic E-state index is 0.0478. The predicted molar refractivity (Wildman–Crippen MR) is 65.8 cm³/mol. The molecule has 2 N–H and O–H groups in total. The Hall–Kier alpha value is 0.230. The summed E-state index contributed by atoms with van der Waals surface area (Å²) in [5.74, 6) is 2.44. The largest absolute Gasteiger partial charge is 0.393 e. The third-order valence-corrected chi connectivity index (χ3v) is 5.37. The smallest absolute Gasteiger partial charge is 0.0795 e. The third kappa shape index (κ3) is 2.26. The zero-order valence-electron chi connectivity index (χ0n) is 9.65. The van der Waals surface area contributed by atoms with Crippen LogP contribution < -0.4 is 5.32 Å². The Morgan fingerprint density at radius 1 is 1.31 bits per heavy atom. The molecule has 0 aromatic heterocycles. The first kappa shape index (κ1) is 11.3. The van der Waals surface area contributed by atoms with Gasteiger partial charge in [-0.25, -0.2) is 0 Å². The second-order valence-electron chi connectivity index (χ2n) is 5.51. The van der Waals surface area contributed by atoms with E-state index in [0.717, 1.165) is 25.9 Å². The van der Waals surface area contributed by atoms with Crippen LogP contribution in [0.5, 0.6) is 0 Å². The zero-order valence-corrected chi connectivity index (χ0v) is 10.5. The normalized spacial score (nSPS) is 48.2. The molecule has 3 fully saturated rings. The molecule has 2 heterocycles. The summed E-state index contributed by atoms with van der Waals surface area (Å²) in [5, 5.41) is 13.0. The lowest BCUT2D eigenvalue weighted by Crippen LogP contribution is -2.53. The summed E-state index contributed by atoms with van der Waals surface area (Å²) in [7, 11) is 0. The van der Waals surface area contributed by atoms with E-state index in [0.29, 0.717) is 12.1 Å². The van der Waals surface area contributed by atoms with E-state index in [1.807, 2.05) is 11.8 Å². The monoisotopic (exact) mass is 243 g/mol. The number of rotatable bonds is 2. The Bertz CT molecular complexity index is 249. The van der Waals surface area contributed by atoms with E-state index in [1.54, 1.807) is 0 Å². The van der Waals surface area contributed by atoms with Crippen molar-refractivity contribution in [3.63, 3.8) is 0 Å². The van der Waals surface area contributed by atoms with Gasteiger partial charge in [0.15, 0.2) is 0 Å². The molecule has 2 aliphatic heterocycles. The molecule has 0 aromatic rings. The molecule has 4 heteroatoms. The van der Waals surface area contributed by atoms with Crippen molar-refractivity contribution in [2.45, 2.75) is 55.9 Å². The molecular weight excluding hydrogens is 222 g/mol. The molecule has 2 unspecified atom stereocenters. The van der Waals surface area contributed by atoms with Crippen molar-refractivity contribution in [2.24, 2.45) is 0 Å². The van der Waals surface area contributed by atoms with Crippen LogP contribution in [0.4, 0.5) is 0 Å². The summed E-state index contributed by atoms with van der Waals surface area (Å²) in [5.41, 5.74) is 0.183. The van der Waals surface area contributed by atoms with Gasteiger partial charge >= 0.3 is 0 Å². The van der Waals surface area contributed by atoms with Crippen molar-refractivity contribution >= 4 is 11.8 Å². The fourth-order valence-electron chi connectivity index (χ4n) is 3.09. The molecule has 1 aliphatic carbocycles. The van der Waals surface area contributed by atoms with Crippen molar-refractivity contribution in [3.8, 4) is 0 Å². The summed E-state index contributed by atoms with van der Waals surface area (Å²) in [4.78, 5) is 0. The molecule has 3 rings (SSSR count). The summed E-state index contributed by atoms with van der Waals surface area (Å²) in [6.45, 7) is 0.910. The van der Waals surface area contributed by atoms with E-state index in [4.69, 9.17) is 4.74 Å². The molecule has 0 aromatic carbocycles. The first-order chi connectivity index (χ1) is 7.76. The number of hydrogen-bond donors (Lipinski definition) is 2. The SMILES string of the molecule is OC1CC(NC2CCOC3(CCSC3)C2)C1. The van der Waals surface area contributed by atoms with E-state index in [-0.39, 0.29) is 11.7 Å². The molecule has 2 atom stereocenters. The van der Waals surface area contributed by atoms with Crippen LogP contribution in [0.2, 0.25) is 0 Å². The van der Waals surface area contributed by atoms with Gasteiger partial charge in [0.05, 0.1) is 11.7 Å². The maximum Gasteiger partial charge on any atom is 0.0795 e. The van der Waals surface area contributed by atoms with Crippen molar-refractivity contribution in [1.29, 1.82) is 0 Å². The van der Waals surface area contributed by atoms with Crippen molar-refractivity contribution in [2.75, 3.05) is 18.1 Å². The minimum atomic E-state index is -0.0478. The highest BCUT2D eigenvalue weighted by Crippen LogP contribution is 2.38. The van der Waals surface area contributed by atoms with Gasteiger partial charge in [0.25, 0.3) is 0 Å². The summed E-state index contributed by atoms with van der Waals surface area (Å²) < 4.78 is 6.00. The topological polar surface area (TPSA) is 41.5 Å². The van der Waals surface area contributed by atoms with Gasteiger partial charge < -0.3 is 15.2 Å². The van der Waals surface area contributed by atoms with Gasteiger partial charge in [-0.15, -0.1) is 0 Å². The van der Waals surface area contributed by atoms with Gasteiger partial charge in [-0.1, -0.05) is 0 Å². The Labute approximate surface area is 101 Å². The standard InChI is InChI=1S/C12H21NO2S/c14-11-5-10(6-11)13-9-1-3-15-12(7-9)2-4-16-8-12/h9-11,13-14H,1-8H2. The van der Waals surface area contributed by atoms with Crippen LogP contribution in [0, 0.1) is 0 Å². The number of nitrogens with one attached hydrogen (secondary N) is 1. The van der Waals surface area contributed by atoms with E-state index in [9.17, 15) is 5.11 Å². The molecule has 92 valence electrons. The lowest BCUT2D eigenvalue weighted by molar-refractivity contribution is -0.0747. The van der Waals surface area contributed by atoms with Crippen LogP contribution in [0.15, 0.2) is 0 Å². The van der Waals surface area contributed by atoms with Gasteiger partial charge in [-0.2, -0.15) is 11.8 Å². The Balaban J connectivity index is 1.52. The van der Waals surface area contributed by atoms with Gasteiger partial charge in [-0.05, 0) is 37.9 Å². The van der Waals surface area contributed by atoms with Crippen LogP contribution in [0.3, 0.4) is 0 Å². The van der Waals surface area contributed by atoms with Crippen molar-refractivity contribution in [3.05, 3.63) is 0 Å². The molecule has 0 amide bonds. The highest BCUT2D eigenvalue weighted by molar-refractivity contribution is 7.99. The van der Waals surface area contributed by atoms with E-state index >= 15 is 0 Å². The van der Waals surface area contributed by atoms with E-state index in [2.05, 4.69) is 5.32 Å².